The molecule has 0 fully saturated rings. The molecule has 0 aromatic heterocycles. The fraction of sp³-hybridized carbons (Fsp3) is 0.500. The lowest BCUT2D eigenvalue weighted by Gasteiger charge is -2.00. The SMILES string of the molecule is CCCCCCCCS(=O)(=O)/C=C/c1ccccc1. The predicted octanol–water partition coefficient (Wildman–Crippen LogP) is 4.43. The highest BCUT2D eigenvalue weighted by Gasteiger charge is 2.05. The van der Waals surface area contributed by atoms with E-state index in [9.17, 15) is 8.42 Å². The summed E-state index contributed by atoms with van der Waals surface area (Å²) in [5, 5.41) is 1.34. The summed E-state index contributed by atoms with van der Waals surface area (Å²) in [6.07, 6.45) is 8.29. The van der Waals surface area contributed by atoms with E-state index in [0.717, 1.165) is 24.8 Å². The van der Waals surface area contributed by atoms with Crippen molar-refractivity contribution in [1.82, 2.24) is 0 Å². The van der Waals surface area contributed by atoms with Gasteiger partial charge in [0.05, 0.1) is 5.75 Å². The van der Waals surface area contributed by atoms with Crippen LogP contribution in [0.2, 0.25) is 0 Å². The molecule has 0 aliphatic heterocycles. The number of unbranched alkanes of at least 4 members (excludes halogenated alkanes) is 5. The van der Waals surface area contributed by atoms with Crippen LogP contribution >= 0.6 is 0 Å². The molecule has 1 rings (SSSR count). The maximum absolute atomic E-state index is 11.8. The topological polar surface area (TPSA) is 34.1 Å². The number of benzene rings is 1. The zero-order chi connectivity index (χ0) is 14.0. The summed E-state index contributed by atoms with van der Waals surface area (Å²) in [5.74, 6) is 0.266. The highest BCUT2D eigenvalue weighted by Crippen LogP contribution is 2.09. The summed E-state index contributed by atoms with van der Waals surface area (Å²) >= 11 is 0. The van der Waals surface area contributed by atoms with Crippen LogP contribution in [0.5, 0.6) is 0 Å². The molecule has 1 aromatic rings. The van der Waals surface area contributed by atoms with Crippen LogP contribution < -0.4 is 0 Å². The zero-order valence-corrected chi connectivity index (χ0v) is 12.5. The van der Waals surface area contributed by atoms with Crippen LogP contribution in [0.3, 0.4) is 0 Å². The Hall–Kier alpha value is -1.09. The van der Waals surface area contributed by atoms with E-state index in [0.29, 0.717) is 0 Å². The normalized spacial score (nSPS) is 12.1. The third kappa shape index (κ3) is 7.83. The second-order valence-corrected chi connectivity index (χ2v) is 6.85. The minimum absolute atomic E-state index is 0.266. The molecule has 106 valence electrons. The first-order valence-electron chi connectivity index (χ1n) is 7.10. The smallest absolute Gasteiger partial charge is 0.171 e. The Morgan fingerprint density at radius 2 is 1.58 bits per heavy atom. The number of hydrogen-bond donors (Lipinski definition) is 0. The van der Waals surface area contributed by atoms with Gasteiger partial charge in [0, 0.05) is 5.41 Å². The Balaban J connectivity index is 2.30. The van der Waals surface area contributed by atoms with Crippen molar-refractivity contribution in [3.63, 3.8) is 0 Å². The lowest BCUT2D eigenvalue weighted by Crippen LogP contribution is -2.01. The van der Waals surface area contributed by atoms with Crippen LogP contribution in [0.15, 0.2) is 35.7 Å². The van der Waals surface area contributed by atoms with Crippen molar-refractivity contribution in [3.05, 3.63) is 41.3 Å². The number of rotatable bonds is 9. The van der Waals surface area contributed by atoms with Crippen molar-refractivity contribution < 1.29 is 8.42 Å². The summed E-state index contributed by atoms with van der Waals surface area (Å²) in [7, 11) is -3.05. The molecular formula is C16H24O2S. The van der Waals surface area contributed by atoms with E-state index in [1.54, 1.807) is 6.08 Å². The average Bonchev–Trinajstić information content (AvgIpc) is 2.42. The van der Waals surface area contributed by atoms with E-state index in [4.69, 9.17) is 0 Å². The third-order valence-corrected chi connectivity index (χ3v) is 4.46. The fourth-order valence-electron chi connectivity index (χ4n) is 1.90. The summed E-state index contributed by atoms with van der Waals surface area (Å²) in [6, 6.07) is 9.52. The van der Waals surface area contributed by atoms with Gasteiger partial charge in [-0.15, -0.1) is 0 Å². The van der Waals surface area contributed by atoms with E-state index in [-0.39, 0.29) is 5.75 Å². The van der Waals surface area contributed by atoms with Crippen LogP contribution in [-0.4, -0.2) is 14.2 Å². The van der Waals surface area contributed by atoms with E-state index < -0.39 is 9.84 Å². The molecule has 0 N–H and O–H groups in total. The molecule has 0 saturated heterocycles. The molecule has 0 radical (unpaired) electrons. The molecule has 0 spiro atoms. The molecule has 0 aliphatic rings. The quantitative estimate of drug-likeness (QED) is 0.627. The molecular weight excluding hydrogens is 256 g/mol. The van der Waals surface area contributed by atoms with E-state index in [1.165, 1.54) is 24.7 Å². The van der Waals surface area contributed by atoms with Crippen molar-refractivity contribution in [3.8, 4) is 0 Å². The first-order chi connectivity index (χ1) is 9.14. The van der Waals surface area contributed by atoms with Gasteiger partial charge in [-0.05, 0) is 18.1 Å². The van der Waals surface area contributed by atoms with Gasteiger partial charge in [0.2, 0.25) is 0 Å². The van der Waals surface area contributed by atoms with E-state index >= 15 is 0 Å². The summed E-state index contributed by atoms with van der Waals surface area (Å²) in [5.41, 5.74) is 0.925. The first-order valence-corrected chi connectivity index (χ1v) is 8.81. The fourth-order valence-corrected chi connectivity index (χ4v) is 3.01. The van der Waals surface area contributed by atoms with Crippen molar-refractivity contribution in [1.29, 1.82) is 0 Å². The Labute approximate surface area is 117 Å². The van der Waals surface area contributed by atoms with Gasteiger partial charge < -0.3 is 0 Å². The lowest BCUT2D eigenvalue weighted by atomic mass is 10.1. The minimum atomic E-state index is -3.05. The summed E-state index contributed by atoms with van der Waals surface area (Å²) in [6.45, 7) is 2.18. The summed E-state index contributed by atoms with van der Waals surface area (Å²) < 4.78 is 23.6. The van der Waals surface area contributed by atoms with Gasteiger partial charge in [-0.25, -0.2) is 8.42 Å². The Morgan fingerprint density at radius 3 is 2.26 bits per heavy atom. The molecule has 0 heterocycles. The lowest BCUT2D eigenvalue weighted by molar-refractivity contribution is 0.591. The molecule has 0 amide bonds. The van der Waals surface area contributed by atoms with Crippen LogP contribution in [0.1, 0.15) is 51.0 Å². The predicted molar refractivity (Wildman–Crippen MR) is 82.6 cm³/mol. The van der Waals surface area contributed by atoms with Gasteiger partial charge in [0.25, 0.3) is 0 Å². The molecule has 2 nitrogen and oxygen atoms in total. The Kier molecular flexibility index (Phi) is 7.49. The van der Waals surface area contributed by atoms with E-state index in [2.05, 4.69) is 6.92 Å². The largest absolute Gasteiger partial charge is 0.224 e. The van der Waals surface area contributed by atoms with Crippen LogP contribution in [0, 0.1) is 0 Å². The maximum Gasteiger partial charge on any atom is 0.171 e. The average molecular weight is 280 g/mol. The van der Waals surface area contributed by atoms with Gasteiger partial charge >= 0.3 is 0 Å². The van der Waals surface area contributed by atoms with Crippen LogP contribution in [0.4, 0.5) is 0 Å². The standard InChI is InChI=1S/C16H24O2S/c1-2-3-4-5-6-10-14-19(17,18)15-13-16-11-8-7-9-12-16/h7-9,11-13,15H,2-6,10,14H2,1H3/b15-13+. The van der Waals surface area contributed by atoms with Gasteiger partial charge in [-0.3, -0.25) is 0 Å². The molecule has 3 heteroatoms. The highest BCUT2D eigenvalue weighted by molar-refractivity contribution is 7.94. The Bertz CT molecular complexity index is 461. The van der Waals surface area contributed by atoms with Crippen LogP contribution in [0.25, 0.3) is 6.08 Å². The second kappa shape index (κ2) is 8.92. The van der Waals surface area contributed by atoms with Crippen molar-refractivity contribution in [2.75, 3.05) is 5.75 Å². The first kappa shape index (κ1) is 16.0. The highest BCUT2D eigenvalue weighted by atomic mass is 32.2. The monoisotopic (exact) mass is 280 g/mol. The third-order valence-electron chi connectivity index (χ3n) is 3.05. The van der Waals surface area contributed by atoms with Crippen molar-refractivity contribution in [2.45, 2.75) is 45.4 Å². The molecule has 1 aromatic carbocycles. The molecule has 0 saturated carbocycles. The maximum atomic E-state index is 11.8. The second-order valence-electron chi connectivity index (χ2n) is 4.85. The molecule has 0 atom stereocenters. The van der Waals surface area contributed by atoms with Crippen molar-refractivity contribution >= 4 is 15.9 Å². The van der Waals surface area contributed by atoms with Gasteiger partial charge in [-0.1, -0.05) is 69.4 Å². The Morgan fingerprint density at radius 1 is 0.947 bits per heavy atom. The minimum Gasteiger partial charge on any atom is -0.224 e. The zero-order valence-electron chi connectivity index (χ0n) is 11.7. The van der Waals surface area contributed by atoms with Gasteiger partial charge in [-0.2, -0.15) is 0 Å². The molecule has 0 aliphatic carbocycles. The molecule has 0 unspecified atom stereocenters. The molecule has 19 heavy (non-hydrogen) atoms. The summed E-state index contributed by atoms with van der Waals surface area (Å²) in [4.78, 5) is 0. The number of sulfone groups is 1. The molecule has 0 bridgehead atoms. The van der Waals surface area contributed by atoms with Gasteiger partial charge in [0.1, 0.15) is 0 Å². The van der Waals surface area contributed by atoms with E-state index in [1.807, 2.05) is 30.3 Å². The van der Waals surface area contributed by atoms with Gasteiger partial charge in [0.15, 0.2) is 9.84 Å². The van der Waals surface area contributed by atoms with Crippen molar-refractivity contribution in [2.24, 2.45) is 0 Å². The number of hydrogen-bond acceptors (Lipinski definition) is 2. The van der Waals surface area contributed by atoms with Crippen LogP contribution in [-0.2, 0) is 9.84 Å².